The number of aliphatic hydroxyl groups is 4. The quantitative estimate of drug-likeness (QED) is 0.421. The van der Waals surface area contributed by atoms with E-state index in [1.54, 1.807) is 6.92 Å². The zero-order chi connectivity index (χ0) is 10.7. The molecule has 0 spiro atoms. The topological polar surface area (TPSA) is 99.4 Å². The summed E-state index contributed by atoms with van der Waals surface area (Å²) in [5.74, 6) is 0. The summed E-state index contributed by atoms with van der Waals surface area (Å²) in [6.45, 7) is 1.58. The summed E-state index contributed by atoms with van der Waals surface area (Å²) in [4.78, 5) is 0. The Bertz CT molecular complexity index is 171. The van der Waals surface area contributed by atoms with Crippen LogP contribution < -0.4 is 0 Å². The van der Waals surface area contributed by atoms with Gasteiger partial charge in [0.25, 0.3) is 0 Å². The molecule has 0 saturated carbocycles. The molecular formula is C8H16O6. The van der Waals surface area contributed by atoms with Gasteiger partial charge in [-0.1, -0.05) is 0 Å². The van der Waals surface area contributed by atoms with Crippen molar-refractivity contribution >= 4 is 0 Å². The molecule has 1 heterocycles. The molecule has 1 aliphatic heterocycles. The van der Waals surface area contributed by atoms with Crippen molar-refractivity contribution in [1.29, 1.82) is 0 Å². The minimum atomic E-state index is -1.36. The third-order valence-corrected chi connectivity index (χ3v) is 2.18. The highest BCUT2D eigenvalue weighted by molar-refractivity contribution is 4.88. The van der Waals surface area contributed by atoms with Crippen molar-refractivity contribution in [3.05, 3.63) is 0 Å². The van der Waals surface area contributed by atoms with Crippen LogP contribution in [0.4, 0.5) is 0 Å². The number of ether oxygens (including phenoxy) is 2. The van der Waals surface area contributed by atoms with Crippen molar-refractivity contribution in [2.45, 2.75) is 37.6 Å². The van der Waals surface area contributed by atoms with E-state index in [1.807, 2.05) is 0 Å². The molecule has 3 unspecified atom stereocenters. The molecule has 1 fully saturated rings. The van der Waals surface area contributed by atoms with Gasteiger partial charge in [0.1, 0.15) is 24.4 Å². The van der Waals surface area contributed by atoms with Crippen LogP contribution in [0, 0.1) is 0 Å². The van der Waals surface area contributed by atoms with Gasteiger partial charge < -0.3 is 29.9 Å². The van der Waals surface area contributed by atoms with Gasteiger partial charge in [0.15, 0.2) is 6.29 Å². The van der Waals surface area contributed by atoms with E-state index in [2.05, 4.69) is 0 Å². The Kier molecular flexibility index (Phi) is 4.24. The van der Waals surface area contributed by atoms with Gasteiger partial charge in [-0.2, -0.15) is 0 Å². The predicted molar refractivity (Wildman–Crippen MR) is 45.4 cm³/mol. The number of hydrogen-bond acceptors (Lipinski definition) is 6. The lowest BCUT2D eigenvalue weighted by atomic mass is 9.99. The minimum Gasteiger partial charge on any atom is -0.394 e. The maximum Gasteiger partial charge on any atom is 0.186 e. The molecule has 0 bridgehead atoms. The summed E-state index contributed by atoms with van der Waals surface area (Å²) in [7, 11) is 0. The highest BCUT2D eigenvalue weighted by atomic mass is 16.7. The molecule has 0 aliphatic carbocycles. The molecule has 1 aliphatic rings. The molecule has 0 amide bonds. The highest BCUT2D eigenvalue weighted by Crippen LogP contribution is 2.21. The number of aliphatic hydroxyl groups excluding tert-OH is 4. The molecule has 84 valence electrons. The Hall–Kier alpha value is -0.240. The van der Waals surface area contributed by atoms with E-state index in [1.165, 1.54) is 0 Å². The van der Waals surface area contributed by atoms with E-state index >= 15 is 0 Å². The second-order valence-electron chi connectivity index (χ2n) is 3.15. The molecule has 4 N–H and O–H groups in total. The van der Waals surface area contributed by atoms with Crippen molar-refractivity contribution in [2.75, 3.05) is 13.2 Å². The van der Waals surface area contributed by atoms with Gasteiger partial charge in [-0.3, -0.25) is 0 Å². The fraction of sp³-hybridized carbons (Fsp3) is 1.00. The summed E-state index contributed by atoms with van der Waals surface area (Å²) >= 11 is 0. The lowest BCUT2D eigenvalue weighted by Gasteiger charge is -2.39. The molecule has 0 aromatic carbocycles. The van der Waals surface area contributed by atoms with Crippen molar-refractivity contribution < 1.29 is 29.9 Å². The normalized spacial score (nSPS) is 43.9. The average molecular weight is 208 g/mol. The lowest BCUT2D eigenvalue weighted by Crippen LogP contribution is -2.59. The van der Waals surface area contributed by atoms with Gasteiger partial charge in [-0.25, -0.2) is 0 Å². The smallest absolute Gasteiger partial charge is 0.186 e. The van der Waals surface area contributed by atoms with Gasteiger partial charge in [-0.15, -0.1) is 0 Å². The molecule has 0 aromatic heterocycles. The number of hydrogen-bond donors (Lipinski definition) is 4. The van der Waals surface area contributed by atoms with Crippen molar-refractivity contribution in [2.24, 2.45) is 0 Å². The molecule has 1 saturated heterocycles. The van der Waals surface area contributed by atoms with E-state index < -0.39 is 37.3 Å². The fourth-order valence-corrected chi connectivity index (χ4v) is 1.37. The van der Waals surface area contributed by atoms with Crippen LogP contribution in [0.3, 0.4) is 0 Å². The fourth-order valence-electron chi connectivity index (χ4n) is 1.37. The monoisotopic (exact) mass is 208 g/mol. The predicted octanol–water partition coefficient (Wildman–Crippen LogP) is -2.18. The first-order chi connectivity index (χ1) is 6.61. The summed E-state index contributed by atoms with van der Waals surface area (Å²) in [5.41, 5.74) is 0. The van der Waals surface area contributed by atoms with Crippen molar-refractivity contribution in [1.82, 2.24) is 0 Å². The molecule has 6 nitrogen and oxygen atoms in total. The Balaban J connectivity index is 2.63. The second-order valence-corrected chi connectivity index (χ2v) is 3.15. The Morgan fingerprint density at radius 3 is 2.29 bits per heavy atom. The van der Waals surface area contributed by atoms with E-state index in [9.17, 15) is 15.3 Å². The van der Waals surface area contributed by atoms with E-state index in [0.29, 0.717) is 6.61 Å². The summed E-state index contributed by atoms with van der Waals surface area (Å²) in [6.07, 6.45) is -5.89. The van der Waals surface area contributed by atoms with Crippen LogP contribution >= 0.6 is 0 Å². The molecule has 6 heteroatoms. The van der Waals surface area contributed by atoms with Crippen molar-refractivity contribution in [3.63, 3.8) is 0 Å². The first-order valence-corrected chi connectivity index (χ1v) is 4.54. The Morgan fingerprint density at radius 1 is 1.14 bits per heavy atom. The first kappa shape index (κ1) is 11.8. The summed E-state index contributed by atoms with van der Waals surface area (Å²) in [5, 5.41) is 36.9. The lowest BCUT2D eigenvalue weighted by molar-refractivity contribution is -0.300. The van der Waals surface area contributed by atoms with E-state index in [-0.39, 0.29) is 0 Å². The molecule has 5 atom stereocenters. The van der Waals surface area contributed by atoms with Crippen LogP contribution in [0.5, 0.6) is 0 Å². The maximum atomic E-state index is 9.41. The molecule has 1 rings (SSSR count). The van der Waals surface area contributed by atoms with Crippen LogP contribution in [0.15, 0.2) is 0 Å². The Morgan fingerprint density at radius 2 is 1.79 bits per heavy atom. The largest absolute Gasteiger partial charge is 0.394 e. The van der Waals surface area contributed by atoms with E-state index in [4.69, 9.17) is 14.6 Å². The van der Waals surface area contributed by atoms with Crippen LogP contribution in [-0.2, 0) is 9.47 Å². The first-order valence-electron chi connectivity index (χ1n) is 4.54. The Labute approximate surface area is 81.7 Å². The highest BCUT2D eigenvalue weighted by Gasteiger charge is 2.43. The van der Waals surface area contributed by atoms with Gasteiger partial charge in [-0.05, 0) is 6.92 Å². The maximum absolute atomic E-state index is 9.41. The second kappa shape index (κ2) is 5.01. The third-order valence-electron chi connectivity index (χ3n) is 2.18. The SMILES string of the molecule is CCO[C@H]1OC(CO)C(O)[C@H](O)C1O. The zero-order valence-electron chi connectivity index (χ0n) is 7.91. The third kappa shape index (κ3) is 2.22. The number of rotatable bonds is 3. The zero-order valence-corrected chi connectivity index (χ0v) is 7.91. The van der Waals surface area contributed by atoms with Crippen LogP contribution in [0.1, 0.15) is 6.92 Å². The van der Waals surface area contributed by atoms with Crippen LogP contribution in [-0.4, -0.2) is 64.3 Å². The van der Waals surface area contributed by atoms with Crippen LogP contribution in [0.25, 0.3) is 0 Å². The van der Waals surface area contributed by atoms with Gasteiger partial charge in [0, 0.05) is 6.61 Å². The van der Waals surface area contributed by atoms with Gasteiger partial charge >= 0.3 is 0 Å². The van der Waals surface area contributed by atoms with Crippen molar-refractivity contribution in [3.8, 4) is 0 Å². The molecule has 14 heavy (non-hydrogen) atoms. The average Bonchev–Trinajstić information content (AvgIpc) is 2.19. The molecule has 0 aromatic rings. The van der Waals surface area contributed by atoms with Gasteiger partial charge in [0.05, 0.1) is 6.61 Å². The van der Waals surface area contributed by atoms with E-state index in [0.717, 1.165) is 0 Å². The summed E-state index contributed by atoms with van der Waals surface area (Å²) < 4.78 is 10.0. The van der Waals surface area contributed by atoms with Gasteiger partial charge in [0.2, 0.25) is 0 Å². The standard InChI is InChI=1S/C8H16O6/c1-2-13-8-7(12)6(11)5(10)4(3-9)14-8/h4-12H,2-3H2,1H3/t4?,5?,6-,7?,8-/m0/s1. The summed E-state index contributed by atoms with van der Waals surface area (Å²) in [6, 6.07) is 0. The van der Waals surface area contributed by atoms with Crippen LogP contribution in [0.2, 0.25) is 0 Å². The molecular weight excluding hydrogens is 192 g/mol. The molecule has 0 radical (unpaired) electrons. The minimum absolute atomic E-state index is 0.308.